The number of urea groups is 1. The Morgan fingerprint density at radius 3 is 2.74 bits per heavy atom. The molecule has 19 heavy (non-hydrogen) atoms. The molecular weight excluding hydrogens is 248 g/mol. The largest absolute Gasteiger partial charge is 0.481 e. The van der Waals surface area contributed by atoms with Crippen LogP contribution >= 0.6 is 0 Å². The molecule has 2 rings (SSSR count). The van der Waals surface area contributed by atoms with Gasteiger partial charge in [-0.25, -0.2) is 4.79 Å². The number of carbonyl (C=O) groups excluding carboxylic acids is 1. The van der Waals surface area contributed by atoms with Gasteiger partial charge in [0.1, 0.15) is 0 Å². The predicted octanol–water partition coefficient (Wildman–Crippen LogP) is 1.06. The van der Waals surface area contributed by atoms with E-state index >= 15 is 0 Å². The van der Waals surface area contributed by atoms with Crippen molar-refractivity contribution in [2.24, 2.45) is 5.92 Å². The molecule has 2 unspecified atom stereocenters. The van der Waals surface area contributed by atoms with Gasteiger partial charge in [0, 0.05) is 12.6 Å². The Balaban J connectivity index is 1.98. The van der Waals surface area contributed by atoms with E-state index in [9.17, 15) is 9.59 Å². The van der Waals surface area contributed by atoms with Gasteiger partial charge in [0.15, 0.2) is 0 Å². The number of nitrogens with one attached hydrogen (secondary N) is 1. The van der Waals surface area contributed by atoms with Gasteiger partial charge in [-0.05, 0) is 26.7 Å². The second kappa shape index (κ2) is 5.36. The summed E-state index contributed by atoms with van der Waals surface area (Å²) < 4.78 is 5.38. The van der Waals surface area contributed by atoms with Gasteiger partial charge in [-0.1, -0.05) is 6.42 Å². The molecule has 1 saturated carbocycles. The summed E-state index contributed by atoms with van der Waals surface area (Å²) in [7, 11) is 0. The first-order valence-corrected chi connectivity index (χ1v) is 6.80. The third-order valence-corrected chi connectivity index (χ3v) is 4.03. The lowest BCUT2D eigenvalue weighted by atomic mass is 10.0. The summed E-state index contributed by atoms with van der Waals surface area (Å²) in [5.41, 5.74) is -0.348. The molecule has 1 heterocycles. The zero-order valence-electron chi connectivity index (χ0n) is 11.5. The number of amides is 2. The molecule has 2 N–H and O–H groups in total. The first-order valence-electron chi connectivity index (χ1n) is 6.80. The van der Waals surface area contributed by atoms with E-state index in [1.54, 1.807) is 4.90 Å². The zero-order chi connectivity index (χ0) is 14.0. The van der Waals surface area contributed by atoms with Gasteiger partial charge >= 0.3 is 12.0 Å². The highest BCUT2D eigenvalue weighted by Gasteiger charge is 2.38. The number of nitrogens with zero attached hydrogens (tertiary/aromatic N) is 1. The summed E-state index contributed by atoms with van der Waals surface area (Å²) in [5.74, 6) is -1.27. The minimum Gasteiger partial charge on any atom is -0.481 e. The van der Waals surface area contributed by atoms with Gasteiger partial charge in [-0.2, -0.15) is 0 Å². The van der Waals surface area contributed by atoms with Crippen LogP contribution in [0, 0.1) is 5.92 Å². The molecule has 2 fully saturated rings. The second-order valence-corrected chi connectivity index (χ2v) is 5.95. The fourth-order valence-corrected chi connectivity index (χ4v) is 2.90. The van der Waals surface area contributed by atoms with Crippen LogP contribution in [0.1, 0.15) is 33.1 Å². The fraction of sp³-hybridized carbons (Fsp3) is 0.846. The highest BCUT2D eigenvalue weighted by Crippen LogP contribution is 2.27. The van der Waals surface area contributed by atoms with Crippen molar-refractivity contribution in [3.63, 3.8) is 0 Å². The van der Waals surface area contributed by atoms with Gasteiger partial charge < -0.3 is 20.1 Å². The number of carboxylic acid groups (broad SMARTS) is 1. The van der Waals surface area contributed by atoms with Crippen LogP contribution in [0.3, 0.4) is 0 Å². The van der Waals surface area contributed by atoms with Crippen LogP contribution < -0.4 is 5.32 Å². The molecule has 0 aromatic rings. The molecule has 1 saturated heterocycles. The fourth-order valence-electron chi connectivity index (χ4n) is 2.90. The van der Waals surface area contributed by atoms with Crippen LogP contribution in [-0.2, 0) is 9.53 Å². The van der Waals surface area contributed by atoms with Crippen LogP contribution in [0.2, 0.25) is 0 Å². The van der Waals surface area contributed by atoms with E-state index in [-0.39, 0.29) is 17.6 Å². The smallest absolute Gasteiger partial charge is 0.318 e. The Morgan fingerprint density at radius 2 is 2.11 bits per heavy atom. The molecule has 1 aliphatic heterocycles. The number of carboxylic acids is 1. The quantitative estimate of drug-likeness (QED) is 0.786. The molecule has 2 amide bonds. The number of ether oxygens (including phenoxy) is 1. The Morgan fingerprint density at radius 1 is 1.37 bits per heavy atom. The second-order valence-electron chi connectivity index (χ2n) is 5.95. The summed E-state index contributed by atoms with van der Waals surface area (Å²) in [6, 6.07) is -0.421. The molecular formula is C13H22N2O4. The molecule has 6 nitrogen and oxygen atoms in total. The number of morpholine rings is 1. The highest BCUT2D eigenvalue weighted by molar-refractivity contribution is 5.77. The van der Waals surface area contributed by atoms with Crippen LogP contribution in [0.4, 0.5) is 4.79 Å². The normalized spacial score (nSPS) is 30.1. The number of rotatable bonds is 2. The summed E-state index contributed by atoms with van der Waals surface area (Å²) in [6.45, 7) is 5.49. The van der Waals surface area contributed by atoms with Crippen molar-refractivity contribution in [2.45, 2.75) is 44.7 Å². The van der Waals surface area contributed by atoms with Crippen molar-refractivity contribution < 1.29 is 19.4 Å². The number of carbonyl (C=O) groups is 2. The van der Waals surface area contributed by atoms with E-state index in [0.717, 1.165) is 12.8 Å². The van der Waals surface area contributed by atoms with Gasteiger partial charge in [-0.3, -0.25) is 4.79 Å². The molecule has 108 valence electrons. The van der Waals surface area contributed by atoms with E-state index < -0.39 is 11.9 Å². The van der Waals surface area contributed by atoms with E-state index in [4.69, 9.17) is 9.84 Å². The standard InChI is InChI=1S/C13H22N2O4/c1-13(2)8-19-7-6-15(13)12(18)14-10-5-3-4-9(10)11(16)17/h9-10H,3-8H2,1-2H3,(H,14,18)(H,16,17). The van der Waals surface area contributed by atoms with Gasteiger partial charge in [-0.15, -0.1) is 0 Å². The first-order chi connectivity index (χ1) is 8.92. The summed E-state index contributed by atoms with van der Waals surface area (Å²) in [4.78, 5) is 25.2. The summed E-state index contributed by atoms with van der Waals surface area (Å²) in [5, 5.41) is 12.0. The van der Waals surface area contributed by atoms with Crippen molar-refractivity contribution in [3.8, 4) is 0 Å². The van der Waals surface area contributed by atoms with Crippen molar-refractivity contribution in [1.82, 2.24) is 10.2 Å². The maximum atomic E-state index is 12.3. The molecule has 1 aliphatic carbocycles. The number of aliphatic carboxylic acids is 1. The van der Waals surface area contributed by atoms with Crippen molar-refractivity contribution in [3.05, 3.63) is 0 Å². The molecule has 2 aliphatic rings. The van der Waals surface area contributed by atoms with Gasteiger partial charge in [0.05, 0.1) is 24.7 Å². The van der Waals surface area contributed by atoms with E-state index in [2.05, 4.69) is 5.32 Å². The maximum Gasteiger partial charge on any atom is 0.318 e. The Hall–Kier alpha value is -1.30. The average Bonchev–Trinajstić information content (AvgIpc) is 2.76. The van der Waals surface area contributed by atoms with Crippen molar-refractivity contribution in [2.75, 3.05) is 19.8 Å². The lowest BCUT2D eigenvalue weighted by Gasteiger charge is -2.42. The van der Waals surface area contributed by atoms with Gasteiger partial charge in [0.25, 0.3) is 0 Å². The molecule has 0 bridgehead atoms. The first kappa shape index (κ1) is 14.1. The molecule has 0 spiro atoms. The molecule has 2 atom stereocenters. The van der Waals surface area contributed by atoms with Crippen molar-refractivity contribution in [1.29, 1.82) is 0 Å². The van der Waals surface area contributed by atoms with Gasteiger partial charge in [0.2, 0.25) is 0 Å². The topological polar surface area (TPSA) is 78.9 Å². The lowest BCUT2D eigenvalue weighted by Crippen LogP contribution is -2.60. The Labute approximate surface area is 113 Å². The average molecular weight is 270 g/mol. The number of hydrogen-bond donors (Lipinski definition) is 2. The van der Waals surface area contributed by atoms with E-state index in [0.29, 0.717) is 26.2 Å². The van der Waals surface area contributed by atoms with E-state index in [1.165, 1.54) is 0 Å². The lowest BCUT2D eigenvalue weighted by molar-refractivity contribution is -0.142. The number of hydrogen-bond acceptors (Lipinski definition) is 3. The van der Waals surface area contributed by atoms with E-state index in [1.807, 2.05) is 13.8 Å². The van der Waals surface area contributed by atoms with Crippen LogP contribution in [0.5, 0.6) is 0 Å². The summed E-state index contributed by atoms with van der Waals surface area (Å²) >= 11 is 0. The highest BCUT2D eigenvalue weighted by atomic mass is 16.5. The van der Waals surface area contributed by atoms with Crippen LogP contribution in [-0.4, -0.2) is 53.3 Å². The van der Waals surface area contributed by atoms with Crippen molar-refractivity contribution >= 4 is 12.0 Å². The monoisotopic (exact) mass is 270 g/mol. The minimum absolute atomic E-state index is 0.175. The SMILES string of the molecule is CC1(C)COCCN1C(=O)NC1CCCC1C(=O)O. The third-order valence-electron chi connectivity index (χ3n) is 4.03. The Kier molecular flexibility index (Phi) is 3.99. The summed E-state index contributed by atoms with van der Waals surface area (Å²) in [6.07, 6.45) is 2.24. The Bertz CT molecular complexity index is 370. The molecule has 6 heteroatoms. The predicted molar refractivity (Wildman–Crippen MR) is 68.9 cm³/mol. The molecule has 0 aromatic heterocycles. The zero-order valence-corrected chi connectivity index (χ0v) is 11.5. The van der Waals surface area contributed by atoms with Crippen LogP contribution in [0.25, 0.3) is 0 Å². The molecule has 0 aromatic carbocycles. The maximum absolute atomic E-state index is 12.3. The van der Waals surface area contributed by atoms with Crippen LogP contribution in [0.15, 0.2) is 0 Å². The molecule has 0 radical (unpaired) electrons. The third kappa shape index (κ3) is 3.00. The minimum atomic E-state index is -0.816.